The van der Waals surface area contributed by atoms with Gasteiger partial charge in [-0.2, -0.15) is 0 Å². The van der Waals surface area contributed by atoms with Gasteiger partial charge in [0.15, 0.2) is 16.7 Å². The lowest BCUT2D eigenvalue weighted by molar-refractivity contribution is -0.115. The van der Waals surface area contributed by atoms with Gasteiger partial charge in [0.05, 0.1) is 16.3 Å². The van der Waals surface area contributed by atoms with Crippen LogP contribution < -0.4 is 14.8 Å². The monoisotopic (exact) mass is 383 g/mol. The van der Waals surface area contributed by atoms with Crippen molar-refractivity contribution in [3.63, 3.8) is 0 Å². The third-order valence-corrected chi connectivity index (χ3v) is 5.49. The summed E-state index contributed by atoms with van der Waals surface area (Å²) in [5, 5.41) is 3.51. The van der Waals surface area contributed by atoms with E-state index in [1.807, 2.05) is 37.3 Å². The molecule has 1 amide bonds. The number of thioether (sulfide) groups is 1. The van der Waals surface area contributed by atoms with Gasteiger partial charge in [-0.05, 0) is 38.1 Å². The van der Waals surface area contributed by atoms with Crippen molar-refractivity contribution in [1.29, 1.82) is 0 Å². The molecule has 1 N–H and O–H groups in total. The minimum Gasteiger partial charge on any atom is -0.486 e. The maximum absolute atomic E-state index is 12.7. The highest BCUT2D eigenvalue weighted by atomic mass is 32.2. The van der Waals surface area contributed by atoms with Crippen LogP contribution in [0.15, 0.2) is 47.6 Å². The number of hydrogen-bond acceptors (Lipinski definition) is 5. The molecule has 1 atom stereocenters. The average molecular weight is 383 g/mol. The first-order chi connectivity index (χ1) is 13.2. The van der Waals surface area contributed by atoms with Crippen molar-refractivity contribution in [3.05, 3.63) is 42.5 Å². The highest BCUT2D eigenvalue weighted by Crippen LogP contribution is 2.33. The van der Waals surface area contributed by atoms with Gasteiger partial charge in [-0.25, -0.2) is 4.98 Å². The van der Waals surface area contributed by atoms with E-state index in [4.69, 9.17) is 9.47 Å². The Morgan fingerprint density at radius 2 is 2.00 bits per heavy atom. The van der Waals surface area contributed by atoms with Gasteiger partial charge in [0.25, 0.3) is 0 Å². The maximum atomic E-state index is 12.7. The predicted molar refractivity (Wildman–Crippen MR) is 107 cm³/mol. The second-order valence-corrected chi connectivity index (χ2v) is 7.54. The predicted octanol–water partition coefficient (Wildman–Crippen LogP) is 3.95. The van der Waals surface area contributed by atoms with Gasteiger partial charge in [-0.15, -0.1) is 0 Å². The molecule has 4 rings (SSSR count). The molecule has 0 saturated heterocycles. The van der Waals surface area contributed by atoms with Crippen LogP contribution in [0.5, 0.6) is 11.5 Å². The summed E-state index contributed by atoms with van der Waals surface area (Å²) in [7, 11) is 0. The van der Waals surface area contributed by atoms with Gasteiger partial charge in [0, 0.05) is 18.3 Å². The number of ether oxygens (including phenoxy) is 2. The molecular formula is C20H21N3O3S. The Labute approximate surface area is 161 Å². The van der Waals surface area contributed by atoms with Crippen molar-refractivity contribution in [1.82, 2.24) is 9.55 Å². The van der Waals surface area contributed by atoms with Gasteiger partial charge in [-0.1, -0.05) is 23.9 Å². The first kappa shape index (κ1) is 17.7. The van der Waals surface area contributed by atoms with Crippen LogP contribution in [0, 0.1) is 0 Å². The molecular weight excluding hydrogens is 362 g/mol. The molecule has 0 radical (unpaired) electrons. The number of imidazole rings is 1. The first-order valence-corrected chi connectivity index (χ1v) is 9.86. The Morgan fingerprint density at radius 3 is 2.81 bits per heavy atom. The van der Waals surface area contributed by atoms with E-state index in [0.717, 1.165) is 22.7 Å². The summed E-state index contributed by atoms with van der Waals surface area (Å²) in [6.45, 7) is 5.84. The number of amides is 1. The summed E-state index contributed by atoms with van der Waals surface area (Å²) in [6.07, 6.45) is 0. The molecule has 0 fully saturated rings. The van der Waals surface area contributed by atoms with Crippen LogP contribution in [0.4, 0.5) is 5.69 Å². The van der Waals surface area contributed by atoms with Crippen molar-refractivity contribution in [2.75, 3.05) is 18.5 Å². The lowest BCUT2D eigenvalue weighted by atomic mass is 10.2. The van der Waals surface area contributed by atoms with E-state index in [-0.39, 0.29) is 11.2 Å². The quantitative estimate of drug-likeness (QED) is 0.676. The van der Waals surface area contributed by atoms with Crippen molar-refractivity contribution in [3.8, 4) is 11.5 Å². The van der Waals surface area contributed by atoms with E-state index < -0.39 is 0 Å². The second kappa shape index (κ2) is 7.52. The summed E-state index contributed by atoms with van der Waals surface area (Å²) < 4.78 is 13.2. The van der Waals surface area contributed by atoms with Gasteiger partial charge in [0.2, 0.25) is 5.91 Å². The molecule has 0 saturated carbocycles. The number of rotatable bonds is 5. The Bertz CT molecular complexity index is 986. The molecule has 140 valence electrons. The summed E-state index contributed by atoms with van der Waals surface area (Å²) in [4.78, 5) is 17.3. The molecule has 7 heteroatoms. The Kier molecular flexibility index (Phi) is 4.94. The molecule has 6 nitrogen and oxygen atoms in total. The largest absolute Gasteiger partial charge is 0.486 e. The molecule has 27 heavy (non-hydrogen) atoms. The summed E-state index contributed by atoms with van der Waals surface area (Å²) in [5.74, 6) is 1.29. The van der Waals surface area contributed by atoms with E-state index in [9.17, 15) is 4.79 Å². The fourth-order valence-corrected chi connectivity index (χ4v) is 4.01. The van der Waals surface area contributed by atoms with E-state index in [1.54, 1.807) is 6.07 Å². The molecule has 0 aliphatic carbocycles. The maximum Gasteiger partial charge on any atom is 0.237 e. The number of aryl methyl sites for hydroxylation is 1. The fourth-order valence-electron chi connectivity index (χ4n) is 3.03. The molecule has 1 aliphatic heterocycles. The van der Waals surface area contributed by atoms with E-state index in [1.165, 1.54) is 11.8 Å². The molecule has 3 aromatic rings. The third kappa shape index (κ3) is 3.60. The molecule has 0 unspecified atom stereocenters. The van der Waals surface area contributed by atoms with Gasteiger partial charge in [0.1, 0.15) is 13.2 Å². The van der Waals surface area contributed by atoms with E-state index >= 15 is 0 Å². The Balaban J connectivity index is 1.48. The number of aromatic nitrogens is 2. The average Bonchev–Trinajstić information content (AvgIpc) is 3.04. The fraction of sp³-hybridized carbons (Fsp3) is 0.300. The van der Waals surface area contributed by atoms with Crippen LogP contribution in [0.3, 0.4) is 0 Å². The smallest absolute Gasteiger partial charge is 0.237 e. The SMILES string of the molecule is CCn1c(S[C@@H](C)C(=O)Nc2ccc3c(c2)OCCO3)nc2ccccc21. The number of anilines is 1. The van der Waals surface area contributed by atoms with E-state index in [0.29, 0.717) is 30.4 Å². The lowest BCUT2D eigenvalue weighted by Gasteiger charge is -2.19. The van der Waals surface area contributed by atoms with Crippen molar-refractivity contribution in [2.24, 2.45) is 0 Å². The molecule has 1 aliphatic rings. The van der Waals surface area contributed by atoms with E-state index in [2.05, 4.69) is 27.9 Å². The Morgan fingerprint density at radius 1 is 1.22 bits per heavy atom. The number of nitrogens with one attached hydrogen (secondary N) is 1. The van der Waals surface area contributed by atoms with Crippen LogP contribution in [0.1, 0.15) is 13.8 Å². The zero-order valence-electron chi connectivity index (χ0n) is 15.3. The van der Waals surface area contributed by atoms with Crippen molar-refractivity contribution < 1.29 is 14.3 Å². The van der Waals surface area contributed by atoms with Gasteiger partial charge < -0.3 is 19.4 Å². The minimum absolute atomic E-state index is 0.0774. The van der Waals surface area contributed by atoms with Crippen LogP contribution in [0.2, 0.25) is 0 Å². The normalized spacial score (nSPS) is 14.1. The second-order valence-electron chi connectivity index (χ2n) is 6.24. The van der Waals surface area contributed by atoms with Crippen LogP contribution in [-0.4, -0.2) is 33.9 Å². The first-order valence-electron chi connectivity index (χ1n) is 8.98. The van der Waals surface area contributed by atoms with Crippen LogP contribution in [0.25, 0.3) is 11.0 Å². The Hall–Kier alpha value is -2.67. The summed E-state index contributed by atoms with van der Waals surface area (Å²) >= 11 is 1.46. The summed E-state index contributed by atoms with van der Waals surface area (Å²) in [5.41, 5.74) is 2.73. The zero-order valence-corrected chi connectivity index (χ0v) is 16.1. The molecule has 0 spiro atoms. The molecule has 1 aromatic heterocycles. The van der Waals surface area contributed by atoms with Crippen molar-refractivity contribution in [2.45, 2.75) is 30.8 Å². The van der Waals surface area contributed by atoms with Gasteiger partial charge >= 0.3 is 0 Å². The number of nitrogens with zero attached hydrogens (tertiary/aromatic N) is 2. The summed E-state index contributed by atoms with van der Waals surface area (Å²) in [6, 6.07) is 13.5. The molecule has 2 heterocycles. The number of fused-ring (bicyclic) bond motifs is 2. The topological polar surface area (TPSA) is 65.4 Å². The number of carbonyl (C=O) groups excluding carboxylic acids is 1. The standard InChI is InChI=1S/C20H21N3O3S/c1-3-23-16-7-5-4-6-15(16)22-20(23)27-13(2)19(24)21-14-8-9-17-18(12-14)26-11-10-25-17/h4-9,12-13H,3,10-11H2,1-2H3,(H,21,24)/t13-/m0/s1. The third-order valence-electron chi connectivity index (χ3n) is 4.40. The molecule has 2 aromatic carbocycles. The highest BCUT2D eigenvalue weighted by Gasteiger charge is 2.20. The van der Waals surface area contributed by atoms with Crippen LogP contribution in [-0.2, 0) is 11.3 Å². The number of benzene rings is 2. The van der Waals surface area contributed by atoms with Gasteiger partial charge in [-0.3, -0.25) is 4.79 Å². The minimum atomic E-state index is -0.291. The number of hydrogen-bond donors (Lipinski definition) is 1. The number of para-hydroxylation sites is 2. The highest BCUT2D eigenvalue weighted by molar-refractivity contribution is 8.00. The zero-order chi connectivity index (χ0) is 18.8. The molecule has 0 bridgehead atoms. The van der Waals surface area contributed by atoms with Crippen LogP contribution >= 0.6 is 11.8 Å². The van der Waals surface area contributed by atoms with Crippen molar-refractivity contribution >= 4 is 34.4 Å². The number of carbonyl (C=O) groups is 1. The lowest BCUT2D eigenvalue weighted by Crippen LogP contribution is -2.23.